The van der Waals surface area contributed by atoms with Crippen LogP contribution in [0.4, 0.5) is 11.6 Å². The fourth-order valence-electron chi connectivity index (χ4n) is 3.88. The molecule has 3 N–H and O–H groups in total. The fraction of sp³-hybridized carbons (Fsp3) is 0.200. The van der Waals surface area contributed by atoms with Crippen LogP contribution >= 0.6 is 0 Å². The Morgan fingerprint density at radius 1 is 1.08 bits per heavy atom. The lowest BCUT2D eigenvalue weighted by Crippen LogP contribution is -2.57. The Hall–Kier alpha value is -4.80. The van der Waals surface area contributed by atoms with E-state index in [1.165, 1.54) is 7.11 Å². The highest BCUT2D eigenvalue weighted by molar-refractivity contribution is 6.23. The van der Waals surface area contributed by atoms with E-state index in [2.05, 4.69) is 20.4 Å². The Bertz CT molecular complexity index is 1320. The van der Waals surface area contributed by atoms with Crippen molar-refractivity contribution in [2.24, 2.45) is 10.7 Å². The number of nitrogens with two attached hydrogens (primary N) is 1. The number of imide groups is 1. The number of hydrogen-bond acceptors (Lipinski definition) is 7. The molecule has 1 aliphatic heterocycles. The van der Waals surface area contributed by atoms with Crippen LogP contribution < -0.4 is 20.8 Å². The summed E-state index contributed by atoms with van der Waals surface area (Å²) in [5, 5.41) is 1.08. The van der Waals surface area contributed by atoms with Gasteiger partial charge in [0.15, 0.2) is 0 Å². The largest absolute Gasteiger partial charge is 0.496 e. The molecule has 0 unspecified atom stereocenters. The number of benzene rings is 2. The molecule has 0 bridgehead atoms. The lowest BCUT2D eigenvalue weighted by Gasteiger charge is -2.28. The molecule has 0 radical (unpaired) electrons. The number of rotatable bonds is 5. The lowest BCUT2D eigenvalue weighted by atomic mass is 10.2. The Morgan fingerprint density at radius 2 is 1.72 bits per heavy atom. The number of aromatic nitrogens is 2. The molecular formula is C25H25N7O4. The van der Waals surface area contributed by atoms with Gasteiger partial charge in [-0.1, -0.05) is 30.3 Å². The van der Waals surface area contributed by atoms with Crippen molar-refractivity contribution in [3.63, 3.8) is 0 Å². The van der Waals surface area contributed by atoms with Crippen LogP contribution in [-0.4, -0.2) is 51.8 Å². The quantitative estimate of drug-likeness (QED) is 0.241. The molecule has 4 rings (SSSR count). The Morgan fingerprint density at radius 3 is 2.39 bits per heavy atom. The normalized spacial score (nSPS) is 15.7. The summed E-state index contributed by atoms with van der Waals surface area (Å²) in [5.41, 5.74) is 10.9. The van der Waals surface area contributed by atoms with Crippen LogP contribution in [0.1, 0.15) is 28.2 Å². The molecule has 1 atom stereocenters. The smallest absolute Gasteiger partial charge is 0.273 e. The molecule has 2 heterocycles. The van der Waals surface area contributed by atoms with Gasteiger partial charge < -0.3 is 10.5 Å². The average molecular weight is 488 g/mol. The molecule has 1 aromatic heterocycles. The first-order valence-corrected chi connectivity index (χ1v) is 11.1. The van der Waals surface area contributed by atoms with Crippen LogP contribution in [0.2, 0.25) is 0 Å². The summed E-state index contributed by atoms with van der Waals surface area (Å²) < 4.78 is 5.28. The lowest BCUT2D eigenvalue weighted by molar-refractivity contribution is -0.122. The zero-order chi connectivity index (χ0) is 25.8. The summed E-state index contributed by atoms with van der Waals surface area (Å²) in [6.07, 6.45) is -0.232. The van der Waals surface area contributed by atoms with E-state index >= 15 is 0 Å². The minimum atomic E-state index is -1.15. The molecule has 3 amide bonds. The third kappa shape index (κ3) is 4.99. The van der Waals surface area contributed by atoms with E-state index in [4.69, 9.17) is 10.5 Å². The molecule has 0 spiro atoms. The summed E-state index contributed by atoms with van der Waals surface area (Å²) in [7, 11) is 1.44. The minimum Gasteiger partial charge on any atom is -0.496 e. The number of hydrazine groups is 1. The number of carbonyl (C=O) groups is 3. The minimum absolute atomic E-state index is 0.0539. The van der Waals surface area contributed by atoms with Gasteiger partial charge in [-0.05, 0) is 44.2 Å². The highest BCUT2D eigenvalue weighted by Crippen LogP contribution is 2.26. The van der Waals surface area contributed by atoms with Crippen LogP contribution in [0.25, 0.3) is 0 Å². The maximum atomic E-state index is 13.4. The zero-order valence-electron chi connectivity index (χ0n) is 20.0. The van der Waals surface area contributed by atoms with Gasteiger partial charge in [0.25, 0.3) is 17.8 Å². The fourth-order valence-corrected chi connectivity index (χ4v) is 3.88. The van der Waals surface area contributed by atoms with Gasteiger partial charge in [0, 0.05) is 11.4 Å². The van der Waals surface area contributed by atoms with Crippen molar-refractivity contribution in [2.45, 2.75) is 26.3 Å². The third-order valence-electron chi connectivity index (χ3n) is 5.45. The number of nitrogens with one attached hydrogen (secondary N) is 1. The summed E-state index contributed by atoms with van der Waals surface area (Å²) >= 11 is 0. The van der Waals surface area contributed by atoms with Crippen LogP contribution in [-0.2, 0) is 9.59 Å². The standard InChI is InChI=1S/C25H25N7O4/c1-15-13-16(2)28-25(27-15)29-24(26)32(30-22(34)18-11-7-8-12-20(18)36-3)19-14-21(33)31(23(19)35)17-9-5-4-6-10-17/h4-13,19H,14H2,1-3H3,(H,30,34)(H2,26,27,28,29)/t19-/m1/s1. The van der Waals surface area contributed by atoms with E-state index < -0.39 is 23.8 Å². The first-order valence-electron chi connectivity index (χ1n) is 11.1. The predicted octanol–water partition coefficient (Wildman–Crippen LogP) is 2.03. The number of anilines is 1. The van der Waals surface area contributed by atoms with Gasteiger partial charge >= 0.3 is 0 Å². The SMILES string of the molecule is COc1ccccc1C(=O)NN(C(N)=Nc1nc(C)cc(C)n1)[C@@H]1CC(=O)N(c2ccccc2)C1=O. The van der Waals surface area contributed by atoms with Gasteiger partial charge in [-0.2, -0.15) is 4.99 Å². The number of hydrogen-bond donors (Lipinski definition) is 2. The average Bonchev–Trinajstić information content (AvgIpc) is 3.15. The Balaban J connectivity index is 1.72. The van der Waals surface area contributed by atoms with E-state index in [0.717, 1.165) is 9.91 Å². The van der Waals surface area contributed by atoms with Crippen molar-refractivity contribution in [3.05, 3.63) is 77.6 Å². The maximum Gasteiger partial charge on any atom is 0.273 e. The van der Waals surface area contributed by atoms with E-state index in [1.807, 2.05) is 0 Å². The van der Waals surface area contributed by atoms with Gasteiger partial charge in [0.1, 0.15) is 11.8 Å². The number of amides is 3. The van der Waals surface area contributed by atoms with Crippen molar-refractivity contribution in [3.8, 4) is 5.75 Å². The maximum absolute atomic E-state index is 13.4. The summed E-state index contributed by atoms with van der Waals surface area (Å²) in [5.74, 6) is -1.50. The van der Waals surface area contributed by atoms with Gasteiger partial charge in [-0.15, -0.1) is 0 Å². The molecule has 11 nitrogen and oxygen atoms in total. The van der Waals surface area contributed by atoms with E-state index in [9.17, 15) is 14.4 Å². The number of nitrogens with zero attached hydrogens (tertiary/aromatic N) is 5. The monoisotopic (exact) mass is 487 g/mol. The zero-order valence-corrected chi connectivity index (χ0v) is 20.0. The second-order valence-corrected chi connectivity index (χ2v) is 8.05. The van der Waals surface area contributed by atoms with Crippen LogP contribution in [0.3, 0.4) is 0 Å². The molecule has 184 valence electrons. The molecular weight excluding hydrogens is 462 g/mol. The van der Waals surface area contributed by atoms with Gasteiger partial charge in [0.05, 0.1) is 24.8 Å². The molecule has 0 aliphatic carbocycles. The van der Waals surface area contributed by atoms with E-state index in [-0.39, 0.29) is 23.9 Å². The molecule has 1 saturated heterocycles. The topological polar surface area (TPSA) is 143 Å². The summed E-state index contributed by atoms with van der Waals surface area (Å²) in [6.45, 7) is 3.56. The number of methoxy groups -OCH3 is 1. The summed E-state index contributed by atoms with van der Waals surface area (Å²) in [6, 6.07) is 15.7. The molecule has 3 aromatic rings. The predicted molar refractivity (Wildman–Crippen MR) is 132 cm³/mol. The third-order valence-corrected chi connectivity index (χ3v) is 5.45. The molecule has 11 heteroatoms. The molecule has 1 fully saturated rings. The Labute approximate surface area is 207 Å². The first-order chi connectivity index (χ1) is 17.3. The Kier molecular flexibility index (Phi) is 6.91. The number of guanidine groups is 1. The van der Waals surface area contributed by atoms with Crippen molar-refractivity contribution in [1.29, 1.82) is 0 Å². The molecule has 36 heavy (non-hydrogen) atoms. The highest BCUT2D eigenvalue weighted by Gasteiger charge is 2.44. The molecule has 0 saturated carbocycles. The van der Waals surface area contributed by atoms with Gasteiger partial charge in [0.2, 0.25) is 11.9 Å². The van der Waals surface area contributed by atoms with E-state index in [0.29, 0.717) is 22.8 Å². The van der Waals surface area contributed by atoms with Crippen molar-refractivity contribution in [2.75, 3.05) is 12.0 Å². The number of aryl methyl sites for hydroxylation is 2. The van der Waals surface area contributed by atoms with Crippen LogP contribution in [0.15, 0.2) is 65.7 Å². The van der Waals surface area contributed by atoms with Crippen LogP contribution in [0.5, 0.6) is 5.75 Å². The summed E-state index contributed by atoms with van der Waals surface area (Å²) in [4.78, 5) is 53.3. The number of aliphatic imine (C=N–C) groups is 1. The highest BCUT2D eigenvalue weighted by atomic mass is 16.5. The van der Waals surface area contributed by atoms with Gasteiger partial charge in [-0.3, -0.25) is 19.8 Å². The second-order valence-electron chi connectivity index (χ2n) is 8.05. The molecule has 1 aliphatic rings. The van der Waals surface area contributed by atoms with Crippen molar-refractivity contribution < 1.29 is 19.1 Å². The van der Waals surface area contributed by atoms with E-state index in [1.54, 1.807) is 74.5 Å². The van der Waals surface area contributed by atoms with Crippen molar-refractivity contribution in [1.82, 2.24) is 20.4 Å². The van der Waals surface area contributed by atoms with Crippen LogP contribution in [0, 0.1) is 13.8 Å². The number of ether oxygens (including phenoxy) is 1. The first kappa shape index (κ1) is 24.3. The van der Waals surface area contributed by atoms with Gasteiger partial charge in [-0.25, -0.2) is 19.9 Å². The van der Waals surface area contributed by atoms with Crippen molar-refractivity contribution >= 4 is 35.3 Å². The number of para-hydroxylation sites is 2. The number of carbonyl (C=O) groups excluding carboxylic acids is 3. The second kappa shape index (κ2) is 10.2. The molecule has 2 aromatic carbocycles.